The van der Waals surface area contributed by atoms with Gasteiger partial charge in [-0.2, -0.15) is 0 Å². The van der Waals surface area contributed by atoms with Crippen LogP contribution in [0, 0.1) is 0 Å². The first kappa shape index (κ1) is 16.2. The summed E-state index contributed by atoms with van der Waals surface area (Å²) in [6, 6.07) is 5.82. The molecule has 1 amide bonds. The molecule has 0 radical (unpaired) electrons. The van der Waals surface area contributed by atoms with Gasteiger partial charge in [-0.05, 0) is 38.5 Å². The summed E-state index contributed by atoms with van der Waals surface area (Å²) in [6.07, 6.45) is -0.611. The minimum absolute atomic E-state index is 0.275. The van der Waals surface area contributed by atoms with Crippen molar-refractivity contribution in [1.29, 1.82) is 0 Å². The third kappa shape index (κ3) is 5.44. The fourth-order valence-corrected chi connectivity index (χ4v) is 1.54. The van der Waals surface area contributed by atoms with E-state index in [1.807, 2.05) is 0 Å². The maximum Gasteiger partial charge on any atom is 0.408 e. The lowest BCUT2D eigenvalue weighted by atomic mass is 10.1. The van der Waals surface area contributed by atoms with Crippen LogP contribution in [-0.2, 0) is 4.74 Å². The number of rotatable bonds is 5. The first-order chi connectivity index (χ1) is 9.35. The number of ether oxygens (including phenoxy) is 2. The molecule has 0 aromatic heterocycles. The van der Waals surface area contributed by atoms with Gasteiger partial charge in [0.05, 0.1) is 12.6 Å². The number of hydrogen-bond donors (Lipinski definition) is 2. The number of nitrogens with one attached hydrogen (secondary N) is 1. The first-order valence-electron chi connectivity index (χ1n) is 6.25. The molecule has 0 saturated carbocycles. The first-order valence-corrected chi connectivity index (χ1v) is 6.25. The van der Waals surface area contributed by atoms with Crippen LogP contribution in [0.2, 0.25) is 0 Å². The van der Waals surface area contributed by atoms with E-state index in [1.54, 1.807) is 45.0 Å². The topological polar surface area (TPSA) is 67.8 Å². The van der Waals surface area contributed by atoms with E-state index in [0.717, 1.165) is 0 Å². The standard InChI is InChI=1S/C14H20FNO4/c1-14(2,3)20-13(18)16-12(8-17)10-4-6-11(7-5-10)19-9-15/h4-7,12,17H,8-9H2,1-3H3,(H,16,18)/t12-/m0/s1. The van der Waals surface area contributed by atoms with Crippen molar-refractivity contribution in [1.82, 2.24) is 5.32 Å². The van der Waals surface area contributed by atoms with E-state index >= 15 is 0 Å². The lowest BCUT2D eigenvalue weighted by Gasteiger charge is -2.23. The molecule has 2 N–H and O–H groups in total. The van der Waals surface area contributed by atoms with E-state index in [4.69, 9.17) is 4.74 Å². The Balaban J connectivity index is 2.68. The average Bonchev–Trinajstić information content (AvgIpc) is 2.35. The summed E-state index contributed by atoms with van der Waals surface area (Å²) in [5.41, 5.74) is 0.0627. The largest absolute Gasteiger partial charge is 0.463 e. The number of benzene rings is 1. The van der Waals surface area contributed by atoms with E-state index in [-0.39, 0.29) is 6.61 Å². The number of amides is 1. The van der Waals surface area contributed by atoms with Crippen LogP contribution in [0.5, 0.6) is 5.75 Å². The van der Waals surface area contributed by atoms with Crippen LogP contribution in [-0.4, -0.2) is 30.3 Å². The van der Waals surface area contributed by atoms with Gasteiger partial charge in [-0.15, -0.1) is 0 Å². The van der Waals surface area contributed by atoms with Gasteiger partial charge in [-0.25, -0.2) is 9.18 Å². The number of carbonyl (C=O) groups excluding carboxylic acids is 1. The van der Waals surface area contributed by atoms with Gasteiger partial charge in [-0.1, -0.05) is 12.1 Å². The molecule has 5 nitrogen and oxygen atoms in total. The second kappa shape index (κ2) is 7.09. The number of hydrogen-bond acceptors (Lipinski definition) is 4. The van der Waals surface area contributed by atoms with Gasteiger partial charge in [0.1, 0.15) is 11.4 Å². The summed E-state index contributed by atoms with van der Waals surface area (Å²) < 4.78 is 21.8. The number of alkyl halides is 1. The molecule has 112 valence electrons. The number of aliphatic hydroxyl groups is 1. The lowest BCUT2D eigenvalue weighted by Crippen LogP contribution is -2.36. The second-order valence-electron chi connectivity index (χ2n) is 5.20. The Morgan fingerprint density at radius 1 is 1.35 bits per heavy atom. The summed E-state index contributed by atoms with van der Waals surface area (Å²) in [6.45, 7) is 4.08. The molecule has 6 heteroatoms. The monoisotopic (exact) mass is 285 g/mol. The number of carbonyl (C=O) groups is 1. The third-order valence-electron chi connectivity index (χ3n) is 2.38. The van der Waals surface area contributed by atoms with Crippen LogP contribution in [0.3, 0.4) is 0 Å². The second-order valence-corrected chi connectivity index (χ2v) is 5.20. The van der Waals surface area contributed by atoms with Gasteiger partial charge in [0.15, 0.2) is 0 Å². The van der Waals surface area contributed by atoms with Crippen molar-refractivity contribution >= 4 is 6.09 Å². The molecule has 0 spiro atoms. The van der Waals surface area contributed by atoms with Crippen LogP contribution >= 0.6 is 0 Å². The Morgan fingerprint density at radius 2 is 1.95 bits per heavy atom. The molecule has 0 heterocycles. The van der Waals surface area contributed by atoms with Crippen molar-refractivity contribution in [2.24, 2.45) is 0 Å². The van der Waals surface area contributed by atoms with Crippen molar-refractivity contribution in [3.63, 3.8) is 0 Å². The molecule has 0 saturated heterocycles. The molecule has 1 aromatic carbocycles. The molecule has 0 aliphatic rings. The predicted molar refractivity (Wildman–Crippen MR) is 72.2 cm³/mol. The molecule has 0 bridgehead atoms. The highest BCUT2D eigenvalue weighted by Crippen LogP contribution is 2.18. The summed E-state index contributed by atoms with van der Waals surface area (Å²) in [5, 5.41) is 11.9. The predicted octanol–water partition coefficient (Wildman–Crippen LogP) is 2.55. The highest BCUT2D eigenvalue weighted by molar-refractivity contribution is 5.68. The number of halogens is 1. The Kier molecular flexibility index (Phi) is 5.76. The lowest BCUT2D eigenvalue weighted by molar-refractivity contribution is 0.0482. The third-order valence-corrected chi connectivity index (χ3v) is 2.38. The smallest absolute Gasteiger partial charge is 0.408 e. The number of alkyl carbamates (subject to hydrolysis) is 1. The molecular weight excluding hydrogens is 265 g/mol. The van der Waals surface area contributed by atoms with E-state index in [1.165, 1.54) is 0 Å². The van der Waals surface area contributed by atoms with Crippen molar-refractivity contribution in [2.45, 2.75) is 32.4 Å². The minimum atomic E-state index is -0.904. The number of aliphatic hydroxyl groups excluding tert-OH is 1. The highest BCUT2D eigenvalue weighted by Gasteiger charge is 2.20. The zero-order valence-corrected chi connectivity index (χ0v) is 11.9. The van der Waals surface area contributed by atoms with Gasteiger partial charge in [0, 0.05) is 0 Å². The summed E-state index contributed by atoms with van der Waals surface area (Å²) in [4.78, 5) is 11.7. The van der Waals surface area contributed by atoms with Crippen LogP contribution < -0.4 is 10.1 Å². The quantitative estimate of drug-likeness (QED) is 0.872. The Hall–Kier alpha value is -1.82. The maximum absolute atomic E-state index is 12.0. The van der Waals surface area contributed by atoms with Gasteiger partial charge in [-0.3, -0.25) is 0 Å². The molecule has 1 rings (SSSR count). The van der Waals surface area contributed by atoms with Crippen molar-refractivity contribution in [3.05, 3.63) is 29.8 Å². The Bertz CT molecular complexity index is 428. The van der Waals surface area contributed by atoms with Crippen molar-refractivity contribution in [2.75, 3.05) is 13.5 Å². The van der Waals surface area contributed by atoms with Gasteiger partial charge < -0.3 is 19.9 Å². The van der Waals surface area contributed by atoms with Gasteiger partial charge in [0.25, 0.3) is 0 Å². The van der Waals surface area contributed by atoms with Gasteiger partial charge in [0.2, 0.25) is 6.86 Å². The normalized spacial score (nSPS) is 12.7. The molecular formula is C14H20FNO4. The minimum Gasteiger partial charge on any atom is -0.463 e. The zero-order chi connectivity index (χ0) is 15.2. The Labute approximate surface area is 117 Å². The average molecular weight is 285 g/mol. The van der Waals surface area contributed by atoms with Crippen molar-refractivity contribution in [3.8, 4) is 5.75 Å². The van der Waals surface area contributed by atoms with Crippen LogP contribution in [0.1, 0.15) is 32.4 Å². The fraction of sp³-hybridized carbons (Fsp3) is 0.500. The molecule has 0 fully saturated rings. The van der Waals surface area contributed by atoms with Crippen LogP contribution in [0.15, 0.2) is 24.3 Å². The van der Waals surface area contributed by atoms with E-state index in [9.17, 15) is 14.3 Å². The molecule has 0 unspecified atom stereocenters. The van der Waals surface area contributed by atoms with E-state index in [2.05, 4.69) is 10.1 Å². The van der Waals surface area contributed by atoms with E-state index in [0.29, 0.717) is 11.3 Å². The molecule has 0 aliphatic heterocycles. The van der Waals surface area contributed by atoms with Crippen molar-refractivity contribution < 1.29 is 23.8 Å². The molecule has 1 aromatic rings. The highest BCUT2D eigenvalue weighted by atomic mass is 19.1. The Morgan fingerprint density at radius 3 is 2.40 bits per heavy atom. The fourth-order valence-electron chi connectivity index (χ4n) is 1.54. The van der Waals surface area contributed by atoms with Gasteiger partial charge >= 0.3 is 6.09 Å². The summed E-state index contributed by atoms with van der Waals surface area (Å²) >= 11 is 0. The molecule has 20 heavy (non-hydrogen) atoms. The summed E-state index contributed by atoms with van der Waals surface area (Å²) in [7, 11) is 0. The maximum atomic E-state index is 12.0. The van der Waals surface area contributed by atoms with E-state index < -0.39 is 24.6 Å². The summed E-state index contributed by atoms with van der Waals surface area (Å²) in [5.74, 6) is 0.380. The molecule has 1 atom stereocenters. The van der Waals surface area contributed by atoms with Crippen LogP contribution in [0.25, 0.3) is 0 Å². The molecule has 0 aliphatic carbocycles. The zero-order valence-electron chi connectivity index (χ0n) is 11.9. The van der Waals surface area contributed by atoms with Crippen LogP contribution in [0.4, 0.5) is 9.18 Å². The SMILES string of the molecule is CC(C)(C)OC(=O)N[C@@H](CO)c1ccc(OCF)cc1.